The first-order valence-corrected chi connectivity index (χ1v) is 9.69. The van der Waals surface area contributed by atoms with Gasteiger partial charge in [-0.3, -0.25) is 14.5 Å². The Morgan fingerprint density at radius 1 is 1.22 bits per heavy atom. The molecule has 1 atom stereocenters. The van der Waals surface area contributed by atoms with Gasteiger partial charge in [-0.2, -0.15) is 0 Å². The molecule has 0 radical (unpaired) electrons. The number of hydrogen-bond acceptors (Lipinski definition) is 7. The lowest BCUT2D eigenvalue weighted by molar-refractivity contribution is -0.148. The molecule has 1 aliphatic heterocycles. The van der Waals surface area contributed by atoms with E-state index in [2.05, 4.69) is 20.7 Å². The smallest absolute Gasteiger partial charge is 0.328 e. The highest BCUT2D eigenvalue weighted by molar-refractivity contribution is 9.10. The van der Waals surface area contributed by atoms with Crippen molar-refractivity contribution in [3.8, 4) is 11.5 Å². The van der Waals surface area contributed by atoms with Crippen LogP contribution in [0.4, 0.5) is 4.79 Å². The van der Waals surface area contributed by atoms with Gasteiger partial charge in [0.25, 0.3) is 11.1 Å². The number of ether oxygens (including phenoxy) is 3. The van der Waals surface area contributed by atoms with Gasteiger partial charge in [-0.05, 0) is 72.2 Å². The van der Waals surface area contributed by atoms with Crippen LogP contribution in [-0.2, 0) is 14.3 Å². The lowest BCUT2D eigenvalue weighted by Gasteiger charge is -2.18. The predicted molar refractivity (Wildman–Crippen MR) is 106 cm³/mol. The first kappa shape index (κ1) is 21.3. The van der Waals surface area contributed by atoms with Gasteiger partial charge in [0, 0.05) is 0 Å². The predicted octanol–water partition coefficient (Wildman–Crippen LogP) is 3.84. The van der Waals surface area contributed by atoms with Crippen molar-refractivity contribution in [2.75, 3.05) is 14.2 Å². The standard InChI is InChI=1S/C18H20BrNO6S/c1-9(2)26-15-12(19)6-11(7-13(15)24-4)8-14-16(21)20(18(23)27-14)10(3)17(22)25-5/h6-10H,1-5H3/b14-8-. The summed E-state index contributed by atoms with van der Waals surface area (Å²) in [7, 11) is 2.73. The van der Waals surface area contributed by atoms with Crippen molar-refractivity contribution in [2.24, 2.45) is 0 Å². The molecule has 0 aromatic heterocycles. The van der Waals surface area contributed by atoms with Gasteiger partial charge in [0.1, 0.15) is 6.04 Å². The van der Waals surface area contributed by atoms with Crippen LogP contribution in [0.25, 0.3) is 6.08 Å². The topological polar surface area (TPSA) is 82.1 Å². The minimum absolute atomic E-state index is 0.0441. The maximum Gasteiger partial charge on any atom is 0.328 e. The first-order chi connectivity index (χ1) is 12.7. The molecule has 1 aromatic rings. The van der Waals surface area contributed by atoms with Gasteiger partial charge in [0.15, 0.2) is 11.5 Å². The zero-order chi connectivity index (χ0) is 20.3. The largest absolute Gasteiger partial charge is 0.493 e. The highest BCUT2D eigenvalue weighted by Crippen LogP contribution is 2.39. The maximum atomic E-state index is 12.6. The molecule has 2 amide bonds. The number of nitrogens with zero attached hydrogens (tertiary/aromatic N) is 1. The molecular formula is C18H20BrNO6S. The Hall–Kier alpha value is -2.00. The number of imide groups is 1. The third-order valence-corrected chi connectivity index (χ3v) is 5.13. The number of hydrogen-bond donors (Lipinski definition) is 0. The van der Waals surface area contributed by atoms with Crippen molar-refractivity contribution in [1.29, 1.82) is 0 Å². The van der Waals surface area contributed by atoms with Crippen LogP contribution in [0.1, 0.15) is 26.3 Å². The molecule has 1 heterocycles. The lowest BCUT2D eigenvalue weighted by Crippen LogP contribution is -2.42. The van der Waals surface area contributed by atoms with E-state index in [-0.39, 0.29) is 11.0 Å². The molecule has 0 saturated carbocycles. The Balaban J connectivity index is 2.36. The molecule has 9 heteroatoms. The Bertz CT molecular complexity index is 807. The molecule has 27 heavy (non-hydrogen) atoms. The summed E-state index contributed by atoms with van der Waals surface area (Å²) in [5.41, 5.74) is 0.644. The fraction of sp³-hybridized carbons (Fsp3) is 0.389. The van der Waals surface area contributed by atoms with Gasteiger partial charge in [-0.1, -0.05) is 0 Å². The second-order valence-electron chi connectivity index (χ2n) is 5.95. The van der Waals surface area contributed by atoms with Crippen molar-refractivity contribution in [2.45, 2.75) is 32.9 Å². The fourth-order valence-electron chi connectivity index (χ4n) is 2.41. The number of carbonyl (C=O) groups excluding carboxylic acids is 3. The van der Waals surface area contributed by atoms with Gasteiger partial charge in [-0.25, -0.2) is 4.79 Å². The van der Waals surface area contributed by atoms with E-state index in [1.165, 1.54) is 21.1 Å². The average molecular weight is 458 g/mol. The van der Waals surface area contributed by atoms with E-state index in [0.717, 1.165) is 16.7 Å². The first-order valence-electron chi connectivity index (χ1n) is 8.08. The van der Waals surface area contributed by atoms with E-state index in [4.69, 9.17) is 9.47 Å². The second kappa shape index (κ2) is 8.79. The van der Waals surface area contributed by atoms with Gasteiger partial charge in [0.05, 0.1) is 29.7 Å². The van der Waals surface area contributed by atoms with Crippen molar-refractivity contribution >= 4 is 50.9 Å². The number of esters is 1. The molecule has 0 bridgehead atoms. The van der Waals surface area contributed by atoms with E-state index in [0.29, 0.717) is 21.5 Å². The third kappa shape index (κ3) is 4.65. The number of amides is 2. The second-order valence-corrected chi connectivity index (χ2v) is 7.80. The fourth-order valence-corrected chi connectivity index (χ4v) is 3.88. The molecule has 1 aliphatic rings. The van der Waals surface area contributed by atoms with E-state index in [1.807, 2.05) is 13.8 Å². The van der Waals surface area contributed by atoms with Crippen LogP contribution in [0.3, 0.4) is 0 Å². The molecular weight excluding hydrogens is 438 g/mol. The zero-order valence-corrected chi connectivity index (χ0v) is 18.0. The molecule has 0 aliphatic carbocycles. The molecule has 2 rings (SSSR count). The highest BCUT2D eigenvalue weighted by atomic mass is 79.9. The van der Waals surface area contributed by atoms with Gasteiger partial charge >= 0.3 is 5.97 Å². The summed E-state index contributed by atoms with van der Waals surface area (Å²) in [6.07, 6.45) is 1.53. The van der Waals surface area contributed by atoms with Gasteiger partial charge in [-0.15, -0.1) is 0 Å². The highest BCUT2D eigenvalue weighted by Gasteiger charge is 2.41. The van der Waals surface area contributed by atoms with E-state index >= 15 is 0 Å². The Labute approximate surface area is 170 Å². The quantitative estimate of drug-likeness (QED) is 0.473. The molecule has 0 N–H and O–H groups in total. The van der Waals surface area contributed by atoms with Crippen LogP contribution < -0.4 is 9.47 Å². The SMILES string of the molecule is COC(=O)C(C)N1C(=O)S/C(=C\c2cc(Br)c(OC(C)C)c(OC)c2)C1=O. The van der Waals surface area contributed by atoms with Crippen molar-refractivity contribution in [3.63, 3.8) is 0 Å². The van der Waals surface area contributed by atoms with Crippen molar-refractivity contribution in [3.05, 3.63) is 27.1 Å². The Morgan fingerprint density at radius 3 is 2.44 bits per heavy atom. The van der Waals surface area contributed by atoms with E-state index in [1.54, 1.807) is 18.2 Å². The van der Waals surface area contributed by atoms with Crippen molar-refractivity contribution < 1.29 is 28.6 Å². The zero-order valence-electron chi connectivity index (χ0n) is 15.6. The summed E-state index contributed by atoms with van der Waals surface area (Å²) in [6.45, 7) is 5.25. The minimum Gasteiger partial charge on any atom is -0.493 e. The lowest BCUT2D eigenvalue weighted by atomic mass is 10.1. The van der Waals surface area contributed by atoms with Crippen LogP contribution >= 0.6 is 27.7 Å². The van der Waals surface area contributed by atoms with Crippen LogP contribution in [0, 0.1) is 0 Å². The van der Waals surface area contributed by atoms with Gasteiger partial charge in [0.2, 0.25) is 0 Å². The molecule has 1 aromatic carbocycles. The summed E-state index contributed by atoms with van der Waals surface area (Å²) >= 11 is 4.21. The van der Waals surface area contributed by atoms with Crippen LogP contribution in [-0.4, -0.2) is 48.4 Å². The summed E-state index contributed by atoms with van der Waals surface area (Å²) in [4.78, 5) is 37.5. The number of thioether (sulfide) groups is 1. The molecule has 7 nitrogen and oxygen atoms in total. The van der Waals surface area contributed by atoms with Gasteiger partial charge < -0.3 is 14.2 Å². The minimum atomic E-state index is -0.989. The molecule has 1 saturated heterocycles. The van der Waals surface area contributed by atoms with E-state index < -0.39 is 23.2 Å². The number of carbonyl (C=O) groups is 3. The number of halogens is 1. The summed E-state index contributed by atoms with van der Waals surface area (Å²) < 4.78 is 16.4. The van der Waals surface area contributed by atoms with Crippen LogP contribution in [0.15, 0.2) is 21.5 Å². The molecule has 0 spiro atoms. The third-order valence-electron chi connectivity index (χ3n) is 3.66. The average Bonchev–Trinajstić information content (AvgIpc) is 2.88. The summed E-state index contributed by atoms with van der Waals surface area (Å²) in [5, 5.41) is -0.519. The molecule has 1 fully saturated rings. The van der Waals surface area contributed by atoms with Crippen LogP contribution in [0.5, 0.6) is 11.5 Å². The Morgan fingerprint density at radius 2 is 1.89 bits per heavy atom. The monoisotopic (exact) mass is 457 g/mol. The maximum absolute atomic E-state index is 12.6. The van der Waals surface area contributed by atoms with Crippen molar-refractivity contribution in [1.82, 2.24) is 4.90 Å². The Kier molecular flexibility index (Phi) is 6.94. The number of benzene rings is 1. The summed E-state index contributed by atoms with van der Waals surface area (Å²) in [6, 6.07) is 2.48. The number of rotatable bonds is 6. The molecule has 146 valence electrons. The summed E-state index contributed by atoms with van der Waals surface area (Å²) in [5.74, 6) is -0.151. The normalized spacial score (nSPS) is 16.9. The van der Waals surface area contributed by atoms with E-state index in [9.17, 15) is 14.4 Å². The number of methoxy groups -OCH3 is 2. The molecule has 1 unspecified atom stereocenters. The van der Waals surface area contributed by atoms with Crippen LogP contribution in [0.2, 0.25) is 0 Å².